The number of anilines is 1. The molecule has 0 saturated carbocycles. The van der Waals surface area contributed by atoms with E-state index in [-0.39, 0.29) is 17.7 Å². The summed E-state index contributed by atoms with van der Waals surface area (Å²) < 4.78 is 19.0. The standard InChI is InChI=1S/C21H33FN4O2/c1-4-23-21(26-15-11-17(12-16-26)20(27)28-5-2)24-13-8-14-25(3)19-10-7-6-9-18(19)22/h6-7,9-10,17H,4-5,8,11-16H2,1-3H3,(H,23,24). The van der Waals surface area contributed by atoms with E-state index in [1.54, 1.807) is 12.1 Å². The minimum Gasteiger partial charge on any atom is -0.466 e. The Morgan fingerprint density at radius 2 is 2.04 bits per heavy atom. The highest BCUT2D eigenvalue weighted by molar-refractivity contribution is 5.80. The molecule has 0 aromatic heterocycles. The number of piperidine rings is 1. The van der Waals surface area contributed by atoms with Gasteiger partial charge in [0.05, 0.1) is 18.2 Å². The molecule has 0 spiro atoms. The van der Waals surface area contributed by atoms with E-state index in [0.29, 0.717) is 18.8 Å². The number of benzene rings is 1. The van der Waals surface area contributed by atoms with Crippen LogP contribution < -0.4 is 10.2 Å². The number of aliphatic imine (C=N–C) groups is 1. The summed E-state index contributed by atoms with van der Waals surface area (Å²) in [7, 11) is 1.90. The van der Waals surface area contributed by atoms with Gasteiger partial charge in [0.25, 0.3) is 0 Å². The van der Waals surface area contributed by atoms with Gasteiger partial charge in [-0.05, 0) is 45.2 Å². The van der Waals surface area contributed by atoms with Crippen molar-refractivity contribution in [2.45, 2.75) is 33.1 Å². The normalized spacial score (nSPS) is 15.4. The SMILES string of the molecule is CCNC(=NCCCN(C)c1ccccc1F)N1CCC(C(=O)OCC)CC1. The first kappa shape index (κ1) is 22.0. The average Bonchev–Trinajstić information content (AvgIpc) is 2.71. The summed E-state index contributed by atoms with van der Waals surface area (Å²) >= 11 is 0. The van der Waals surface area contributed by atoms with Gasteiger partial charge in [-0.15, -0.1) is 0 Å². The van der Waals surface area contributed by atoms with Crippen molar-refractivity contribution in [3.8, 4) is 0 Å². The van der Waals surface area contributed by atoms with Gasteiger partial charge in [-0.2, -0.15) is 0 Å². The van der Waals surface area contributed by atoms with E-state index in [1.165, 1.54) is 6.07 Å². The second kappa shape index (κ2) is 11.5. The quantitative estimate of drug-likeness (QED) is 0.319. The van der Waals surface area contributed by atoms with E-state index < -0.39 is 0 Å². The van der Waals surface area contributed by atoms with Gasteiger partial charge in [-0.25, -0.2) is 4.39 Å². The van der Waals surface area contributed by atoms with Crippen molar-refractivity contribution in [3.63, 3.8) is 0 Å². The Balaban J connectivity index is 1.82. The molecule has 1 aliphatic rings. The lowest BCUT2D eigenvalue weighted by molar-refractivity contribution is -0.149. The van der Waals surface area contributed by atoms with Crippen LogP contribution in [0, 0.1) is 11.7 Å². The molecule has 1 aromatic rings. The zero-order valence-electron chi connectivity index (χ0n) is 17.3. The lowest BCUT2D eigenvalue weighted by Gasteiger charge is -2.33. The second-order valence-corrected chi connectivity index (χ2v) is 6.98. The number of nitrogens with one attached hydrogen (secondary N) is 1. The first-order valence-electron chi connectivity index (χ1n) is 10.2. The summed E-state index contributed by atoms with van der Waals surface area (Å²) in [5, 5.41) is 3.34. The van der Waals surface area contributed by atoms with Crippen molar-refractivity contribution < 1.29 is 13.9 Å². The van der Waals surface area contributed by atoms with Crippen molar-refractivity contribution in [2.75, 3.05) is 51.3 Å². The van der Waals surface area contributed by atoms with Gasteiger partial charge >= 0.3 is 5.97 Å². The Labute approximate surface area is 167 Å². The number of hydrogen-bond donors (Lipinski definition) is 1. The smallest absolute Gasteiger partial charge is 0.309 e. The Hall–Kier alpha value is -2.31. The summed E-state index contributed by atoms with van der Waals surface area (Å²) in [5.41, 5.74) is 0.611. The summed E-state index contributed by atoms with van der Waals surface area (Å²) in [4.78, 5) is 20.8. The molecule has 1 heterocycles. The van der Waals surface area contributed by atoms with Crippen LogP contribution in [-0.2, 0) is 9.53 Å². The fourth-order valence-electron chi connectivity index (χ4n) is 3.39. The molecule has 0 unspecified atom stereocenters. The molecule has 1 aliphatic heterocycles. The number of guanidine groups is 1. The van der Waals surface area contributed by atoms with Crippen LogP contribution in [0.15, 0.2) is 29.3 Å². The van der Waals surface area contributed by atoms with Crippen LogP contribution >= 0.6 is 0 Å². The molecule has 0 amide bonds. The summed E-state index contributed by atoms with van der Waals surface area (Å²) in [6, 6.07) is 6.81. The number of nitrogens with zero attached hydrogens (tertiary/aromatic N) is 3. The number of esters is 1. The van der Waals surface area contributed by atoms with E-state index in [9.17, 15) is 9.18 Å². The molecule has 1 N–H and O–H groups in total. The predicted octanol–water partition coefficient (Wildman–Crippen LogP) is 2.89. The number of rotatable bonds is 8. The molecular weight excluding hydrogens is 359 g/mol. The minimum atomic E-state index is -0.202. The predicted molar refractivity (Wildman–Crippen MR) is 111 cm³/mol. The van der Waals surface area contributed by atoms with Gasteiger partial charge in [0, 0.05) is 39.8 Å². The average molecular weight is 393 g/mol. The molecule has 7 heteroatoms. The zero-order chi connectivity index (χ0) is 20.4. The molecule has 1 aromatic carbocycles. The Kier molecular flexibility index (Phi) is 9.04. The van der Waals surface area contributed by atoms with Gasteiger partial charge in [-0.1, -0.05) is 12.1 Å². The molecule has 156 valence electrons. The van der Waals surface area contributed by atoms with E-state index in [2.05, 4.69) is 10.2 Å². The largest absolute Gasteiger partial charge is 0.466 e. The maximum absolute atomic E-state index is 13.8. The molecule has 0 atom stereocenters. The van der Waals surface area contributed by atoms with Gasteiger partial charge in [0.15, 0.2) is 5.96 Å². The Morgan fingerprint density at radius 1 is 1.32 bits per heavy atom. The summed E-state index contributed by atoms with van der Waals surface area (Å²) in [5.74, 6) is 0.596. The number of halogens is 1. The van der Waals surface area contributed by atoms with Gasteiger partial charge in [0.2, 0.25) is 0 Å². The monoisotopic (exact) mass is 392 g/mol. The van der Waals surface area contributed by atoms with Crippen LogP contribution in [-0.4, -0.2) is 63.2 Å². The molecule has 1 fully saturated rings. The second-order valence-electron chi connectivity index (χ2n) is 6.98. The van der Waals surface area contributed by atoms with Crippen molar-refractivity contribution >= 4 is 17.6 Å². The third-order valence-corrected chi connectivity index (χ3v) is 4.93. The fraction of sp³-hybridized carbons (Fsp3) is 0.619. The highest BCUT2D eigenvalue weighted by Gasteiger charge is 2.27. The van der Waals surface area contributed by atoms with E-state index >= 15 is 0 Å². The Bertz CT molecular complexity index is 645. The minimum absolute atomic E-state index is 0.00602. The third-order valence-electron chi connectivity index (χ3n) is 4.93. The zero-order valence-corrected chi connectivity index (χ0v) is 17.3. The van der Waals surface area contributed by atoms with Crippen molar-refractivity contribution in [3.05, 3.63) is 30.1 Å². The summed E-state index contributed by atoms with van der Waals surface area (Å²) in [6.45, 7) is 8.11. The fourth-order valence-corrected chi connectivity index (χ4v) is 3.39. The highest BCUT2D eigenvalue weighted by atomic mass is 19.1. The van der Waals surface area contributed by atoms with Crippen LogP contribution in [0.5, 0.6) is 0 Å². The van der Waals surface area contributed by atoms with Crippen LogP contribution in [0.1, 0.15) is 33.1 Å². The number of carbonyl (C=O) groups excluding carboxylic acids is 1. The number of para-hydroxylation sites is 1. The molecule has 0 bridgehead atoms. The highest BCUT2D eigenvalue weighted by Crippen LogP contribution is 2.19. The number of hydrogen-bond acceptors (Lipinski definition) is 4. The van der Waals surface area contributed by atoms with Gasteiger partial charge in [0.1, 0.15) is 5.82 Å². The molecule has 28 heavy (non-hydrogen) atoms. The Morgan fingerprint density at radius 3 is 2.68 bits per heavy atom. The maximum atomic E-state index is 13.8. The maximum Gasteiger partial charge on any atom is 0.309 e. The molecule has 0 aliphatic carbocycles. The number of likely N-dealkylation sites (tertiary alicyclic amines) is 1. The van der Waals surface area contributed by atoms with Gasteiger partial charge in [-0.3, -0.25) is 9.79 Å². The van der Waals surface area contributed by atoms with Crippen LogP contribution in [0.25, 0.3) is 0 Å². The van der Waals surface area contributed by atoms with Crippen LogP contribution in [0.4, 0.5) is 10.1 Å². The van der Waals surface area contributed by atoms with Crippen molar-refractivity contribution in [1.82, 2.24) is 10.2 Å². The first-order chi connectivity index (χ1) is 13.6. The topological polar surface area (TPSA) is 57.2 Å². The van der Waals surface area contributed by atoms with Crippen LogP contribution in [0.3, 0.4) is 0 Å². The first-order valence-corrected chi connectivity index (χ1v) is 10.2. The van der Waals surface area contributed by atoms with Crippen LogP contribution in [0.2, 0.25) is 0 Å². The summed E-state index contributed by atoms with van der Waals surface area (Å²) in [6.07, 6.45) is 2.41. The van der Waals surface area contributed by atoms with E-state index in [4.69, 9.17) is 9.73 Å². The van der Waals surface area contributed by atoms with E-state index in [0.717, 1.165) is 51.4 Å². The third kappa shape index (κ3) is 6.39. The number of ether oxygens (including phenoxy) is 1. The van der Waals surface area contributed by atoms with E-state index in [1.807, 2.05) is 31.9 Å². The molecular formula is C21H33FN4O2. The molecule has 1 saturated heterocycles. The van der Waals surface area contributed by atoms with Gasteiger partial charge < -0.3 is 19.9 Å². The lowest BCUT2D eigenvalue weighted by atomic mass is 9.97. The molecule has 6 nitrogen and oxygen atoms in total. The van der Waals surface area contributed by atoms with Crippen molar-refractivity contribution in [1.29, 1.82) is 0 Å². The lowest BCUT2D eigenvalue weighted by Crippen LogP contribution is -2.46. The number of carbonyl (C=O) groups is 1. The molecule has 2 rings (SSSR count). The molecule has 0 radical (unpaired) electrons. The van der Waals surface area contributed by atoms with Crippen molar-refractivity contribution in [2.24, 2.45) is 10.9 Å².